The third kappa shape index (κ3) is 8.74. The normalized spacial score (nSPS) is 9.82. The van der Waals surface area contributed by atoms with Crippen molar-refractivity contribution in [3.05, 3.63) is 0 Å². The number of hydrogen-bond acceptors (Lipinski definition) is 1. The van der Waals surface area contributed by atoms with Crippen molar-refractivity contribution in [2.45, 2.75) is 7.43 Å². The standard InChI is InChI=1S/C6H12Cl3N.CH4/c7-1-4-10(5-2-8)6-3-9;/h1-6H2;1H4. The van der Waals surface area contributed by atoms with Crippen LogP contribution in [-0.2, 0) is 0 Å². The van der Waals surface area contributed by atoms with Gasteiger partial charge in [-0.05, 0) is 0 Å². The molecule has 0 aromatic rings. The highest BCUT2D eigenvalue weighted by molar-refractivity contribution is 6.18. The van der Waals surface area contributed by atoms with Crippen molar-refractivity contribution in [3.8, 4) is 0 Å². The Hall–Kier alpha value is 0.830. The molecule has 0 aromatic carbocycles. The van der Waals surface area contributed by atoms with E-state index >= 15 is 0 Å². The molecule has 0 N–H and O–H groups in total. The average Bonchev–Trinajstić information content (AvgIpc) is 1.90. The van der Waals surface area contributed by atoms with Crippen LogP contribution in [0, 0.1) is 0 Å². The van der Waals surface area contributed by atoms with Crippen molar-refractivity contribution < 1.29 is 0 Å². The molecule has 0 amide bonds. The lowest BCUT2D eigenvalue weighted by Crippen LogP contribution is -2.29. The SMILES string of the molecule is C.ClCCN(CCCl)CCCl. The summed E-state index contributed by atoms with van der Waals surface area (Å²) < 4.78 is 0. The molecule has 0 aliphatic carbocycles. The first-order valence-corrected chi connectivity index (χ1v) is 4.85. The summed E-state index contributed by atoms with van der Waals surface area (Å²) in [5.74, 6) is 1.94. The smallest absolute Gasteiger partial charge is 0.0351 e. The van der Waals surface area contributed by atoms with Gasteiger partial charge in [0.1, 0.15) is 0 Å². The van der Waals surface area contributed by atoms with Crippen molar-refractivity contribution in [1.29, 1.82) is 0 Å². The van der Waals surface area contributed by atoms with E-state index in [1.165, 1.54) is 0 Å². The topological polar surface area (TPSA) is 3.24 Å². The summed E-state index contributed by atoms with van der Waals surface area (Å²) in [6.45, 7) is 2.63. The van der Waals surface area contributed by atoms with Crippen LogP contribution in [0.3, 0.4) is 0 Å². The monoisotopic (exact) mass is 219 g/mol. The van der Waals surface area contributed by atoms with Gasteiger partial charge in [-0.25, -0.2) is 0 Å². The molecule has 0 saturated heterocycles. The molecule has 0 bridgehead atoms. The quantitative estimate of drug-likeness (QED) is 0.622. The fourth-order valence-electron chi connectivity index (χ4n) is 0.694. The Morgan fingerprint density at radius 2 is 1.00 bits per heavy atom. The van der Waals surface area contributed by atoms with Crippen LogP contribution in [0.25, 0.3) is 0 Å². The fourth-order valence-corrected chi connectivity index (χ4v) is 1.41. The molecule has 4 heteroatoms. The zero-order valence-corrected chi connectivity index (χ0v) is 8.09. The van der Waals surface area contributed by atoms with Gasteiger partial charge in [0.15, 0.2) is 0 Å². The second kappa shape index (κ2) is 10.8. The van der Waals surface area contributed by atoms with Crippen LogP contribution in [0.5, 0.6) is 0 Å². The minimum absolute atomic E-state index is 0. The first-order chi connectivity index (χ1) is 4.85. The molecule has 0 heterocycles. The van der Waals surface area contributed by atoms with E-state index in [4.69, 9.17) is 34.8 Å². The Kier molecular flexibility index (Phi) is 14.1. The molecule has 11 heavy (non-hydrogen) atoms. The van der Waals surface area contributed by atoms with E-state index in [1.54, 1.807) is 0 Å². The van der Waals surface area contributed by atoms with Crippen LogP contribution < -0.4 is 0 Å². The van der Waals surface area contributed by atoms with Gasteiger partial charge in [-0.15, -0.1) is 34.8 Å². The minimum atomic E-state index is 0. The maximum absolute atomic E-state index is 5.54. The Labute approximate surface area is 84.6 Å². The summed E-state index contributed by atoms with van der Waals surface area (Å²) in [5.41, 5.74) is 0. The molecule has 70 valence electrons. The summed E-state index contributed by atoms with van der Waals surface area (Å²) in [4.78, 5) is 2.15. The van der Waals surface area contributed by atoms with Crippen LogP contribution in [0.15, 0.2) is 0 Å². The number of alkyl halides is 3. The maximum atomic E-state index is 5.54. The van der Waals surface area contributed by atoms with Gasteiger partial charge in [-0.3, -0.25) is 4.90 Å². The van der Waals surface area contributed by atoms with E-state index < -0.39 is 0 Å². The molecular formula is C7H16Cl3N. The fraction of sp³-hybridized carbons (Fsp3) is 1.00. The first kappa shape index (κ1) is 14.4. The minimum Gasteiger partial charge on any atom is -0.300 e. The summed E-state index contributed by atoms with van der Waals surface area (Å²) in [6, 6.07) is 0. The average molecular weight is 221 g/mol. The summed E-state index contributed by atoms with van der Waals surface area (Å²) >= 11 is 16.6. The largest absolute Gasteiger partial charge is 0.300 e. The van der Waals surface area contributed by atoms with E-state index in [2.05, 4.69) is 4.90 Å². The first-order valence-electron chi connectivity index (χ1n) is 3.25. The van der Waals surface area contributed by atoms with Gasteiger partial charge in [0.05, 0.1) is 0 Å². The molecule has 1 nitrogen and oxygen atoms in total. The molecule has 0 rings (SSSR count). The van der Waals surface area contributed by atoms with E-state index in [9.17, 15) is 0 Å². The number of halogens is 3. The maximum Gasteiger partial charge on any atom is 0.0351 e. The zero-order valence-electron chi connectivity index (χ0n) is 5.82. The van der Waals surface area contributed by atoms with Gasteiger partial charge in [0, 0.05) is 37.3 Å². The molecular weight excluding hydrogens is 204 g/mol. The second-order valence-electron chi connectivity index (χ2n) is 1.91. The van der Waals surface area contributed by atoms with Crippen LogP contribution in [0.4, 0.5) is 0 Å². The predicted molar refractivity (Wildman–Crippen MR) is 55.3 cm³/mol. The third-order valence-corrected chi connectivity index (χ3v) is 1.71. The lowest BCUT2D eigenvalue weighted by Gasteiger charge is -2.17. The molecule has 0 saturated carbocycles. The zero-order chi connectivity index (χ0) is 7.82. The van der Waals surface area contributed by atoms with Gasteiger partial charge in [0.25, 0.3) is 0 Å². The summed E-state index contributed by atoms with van der Waals surface area (Å²) in [7, 11) is 0. The van der Waals surface area contributed by atoms with E-state index in [-0.39, 0.29) is 7.43 Å². The molecule has 0 unspecified atom stereocenters. The van der Waals surface area contributed by atoms with E-state index in [0.717, 1.165) is 19.6 Å². The molecule has 0 aliphatic heterocycles. The van der Waals surface area contributed by atoms with Gasteiger partial charge < -0.3 is 0 Å². The van der Waals surface area contributed by atoms with Crippen LogP contribution in [-0.4, -0.2) is 42.2 Å². The lowest BCUT2D eigenvalue weighted by molar-refractivity contribution is 0.327. The van der Waals surface area contributed by atoms with Crippen molar-refractivity contribution >= 4 is 34.8 Å². The Bertz CT molecular complexity index is 56.4. The van der Waals surface area contributed by atoms with Gasteiger partial charge in [-0.2, -0.15) is 0 Å². The van der Waals surface area contributed by atoms with Crippen LogP contribution >= 0.6 is 34.8 Å². The van der Waals surface area contributed by atoms with Crippen molar-refractivity contribution in [3.63, 3.8) is 0 Å². The molecule has 0 aliphatic rings. The summed E-state index contributed by atoms with van der Waals surface area (Å²) in [5, 5.41) is 0. The predicted octanol–water partition coefficient (Wildman–Crippen LogP) is 2.64. The summed E-state index contributed by atoms with van der Waals surface area (Å²) in [6.07, 6.45) is 0. The van der Waals surface area contributed by atoms with Gasteiger partial charge in [0.2, 0.25) is 0 Å². The Morgan fingerprint density at radius 1 is 0.727 bits per heavy atom. The van der Waals surface area contributed by atoms with Gasteiger partial charge in [-0.1, -0.05) is 7.43 Å². The van der Waals surface area contributed by atoms with Crippen molar-refractivity contribution in [2.75, 3.05) is 37.3 Å². The number of hydrogen-bond donors (Lipinski definition) is 0. The Balaban J connectivity index is 0. The van der Waals surface area contributed by atoms with Crippen molar-refractivity contribution in [1.82, 2.24) is 4.90 Å². The van der Waals surface area contributed by atoms with E-state index in [0.29, 0.717) is 17.6 Å². The van der Waals surface area contributed by atoms with E-state index in [1.807, 2.05) is 0 Å². The number of nitrogens with zero attached hydrogens (tertiary/aromatic N) is 1. The highest BCUT2D eigenvalue weighted by Crippen LogP contribution is 1.92. The van der Waals surface area contributed by atoms with Gasteiger partial charge >= 0.3 is 0 Å². The highest BCUT2D eigenvalue weighted by atomic mass is 35.5. The second-order valence-corrected chi connectivity index (χ2v) is 3.04. The van der Waals surface area contributed by atoms with Crippen molar-refractivity contribution in [2.24, 2.45) is 0 Å². The molecule has 0 spiro atoms. The molecule has 0 radical (unpaired) electrons. The molecule has 0 aromatic heterocycles. The lowest BCUT2D eigenvalue weighted by atomic mass is 10.5. The van der Waals surface area contributed by atoms with Crippen LogP contribution in [0.1, 0.15) is 7.43 Å². The molecule has 0 atom stereocenters. The van der Waals surface area contributed by atoms with Crippen LogP contribution in [0.2, 0.25) is 0 Å². The third-order valence-electron chi connectivity index (χ3n) is 1.20. The number of rotatable bonds is 6. The molecule has 0 fully saturated rings. The Morgan fingerprint density at radius 3 is 1.18 bits per heavy atom. The highest BCUT2D eigenvalue weighted by Gasteiger charge is 2.00.